The fourth-order valence-corrected chi connectivity index (χ4v) is 3.97. The van der Waals surface area contributed by atoms with Crippen LogP contribution in [-0.4, -0.2) is 64.8 Å². The van der Waals surface area contributed by atoms with E-state index in [-0.39, 0.29) is 5.56 Å². The van der Waals surface area contributed by atoms with Gasteiger partial charge in [0.2, 0.25) is 5.95 Å². The van der Waals surface area contributed by atoms with Crippen molar-refractivity contribution in [3.63, 3.8) is 0 Å². The van der Waals surface area contributed by atoms with Gasteiger partial charge < -0.3 is 14.7 Å². The number of carboxylic acids is 1. The lowest BCUT2D eigenvalue weighted by atomic mass is 10.1. The van der Waals surface area contributed by atoms with Crippen molar-refractivity contribution in [1.29, 1.82) is 0 Å². The third-order valence-electron chi connectivity index (χ3n) is 5.32. The van der Waals surface area contributed by atoms with Crippen LogP contribution >= 0.6 is 0 Å². The van der Waals surface area contributed by atoms with Crippen molar-refractivity contribution in [2.45, 2.75) is 25.8 Å². The van der Waals surface area contributed by atoms with Crippen LogP contribution in [-0.2, 0) is 0 Å². The number of fused-ring (bicyclic) bond motifs is 1. The molecule has 0 aliphatic carbocycles. The standard InChI is InChI=1S/C20H24N4O3/c1-2-27-18-6-5-14(12-16(18)19(25)26)17-7-8-21-20(22-17)24-11-10-23-9-3-4-15(23)13-24/h5-8,12,15H,2-4,9-11,13H2,1H3,(H,25,26). The highest BCUT2D eigenvalue weighted by atomic mass is 16.5. The van der Waals surface area contributed by atoms with E-state index in [1.807, 2.05) is 19.1 Å². The summed E-state index contributed by atoms with van der Waals surface area (Å²) < 4.78 is 5.42. The second kappa shape index (κ2) is 7.52. The van der Waals surface area contributed by atoms with Gasteiger partial charge in [-0.05, 0) is 50.6 Å². The molecule has 0 saturated carbocycles. The third kappa shape index (κ3) is 3.60. The Hall–Kier alpha value is -2.67. The number of piperazine rings is 1. The molecular formula is C20H24N4O3. The molecule has 0 radical (unpaired) electrons. The number of benzene rings is 1. The van der Waals surface area contributed by atoms with E-state index >= 15 is 0 Å². The number of carbonyl (C=O) groups is 1. The minimum atomic E-state index is -1.01. The second-order valence-electron chi connectivity index (χ2n) is 6.97. The number of aromatic nitrogens is 2. The summed E-state index contributed by atoms with van der Waals surface area (Å²) >= 11 is 0. The number of nitrogens with zero attached hydrogens (tertiary/aromatic N) is 4. The van der Waals surface area contributed by atoms with Crippen molar-refractivity contribution in [2.75, 3.05) is 37.7 Å². The van der Waals surface area contributed by atoms with Gasteiger partial charge in [-0.15, -0.1) is 0 Å². The van der Waals surface area contributed by atoms with Crippen LogP contribution in [0.3, 0.4) is 0 Å². The van der Waals surface area contributed by atoms with E-state index in [0.29, 0.717) is 24.3 Å². The molecule has 1 unspecified atom stereocenters. The van der Waals surface area contributed by atoms with Gasteiger partial charge in [0, 0.05) is 37.4 Å². The molecule has 4 rings (SSSR count). The van der Waals surface area contributed by atoms with E-state index in [9.17, 15) is 9.90 Å². The van der Waals surface area contributed by atoms with Crippen molar-refractivity contribution >= 4 is 11.9 Å². The van der Waals surface area contributed by atoms with Crippen LogP contribution in [0.25, 0.3) is 11.3 Å². The van der Waals surface area contributed by atoms with Crippen LogP contribution in [0.15, 0.2) is 30.5 Å². The van der Waals surface area contributed by atoms with Gasteiger partial charge in [-0.25, -0.2) is 14.8 Å². The smallest absolute Gasteiger partial charge is 0.339 e. The van der Waals surface area contributed by atoms with Gasteiger partial charge in [0.15, 0.2) is 0 Å². The predicted octanol–water partition coefficient (Wildman–Crippen LogP) is 2.52. The first-order valence-electron chi connectivity index (χ1n) is 9.48. The van der Waals surface area contributed by atoms with E-state index in [0.717, 1.165) is 30.9 Å². The van der Waals surface area contributed by atoms with Crippen LogP contribution in [0, 0.1) is 0 Å². The molecule has 0 bridgehead atoms. The summed E-state index contributed by atoms with van der Waals surface area (Å²) in [6, 6.07) is 7.57. The van der Waals surface area contributed by atoms with Crippen molar-refractivity contribution in [2.24, 2.45) is 0 Å². The Bertz CT molecular complexity index is 842. The summed E-state index contributed by atoms with van der Waals surface area (Å²) in [6.45, 7) is 6.37. The second-order valence-corrected chi connectivity index (χ2v) is 6.97. The Morgan fingerprint density at radius 2 is 2.19 bits per heavy atom. The SMILES string of the molecule is CCOc1ccc(-c2ccnc(N3CCN4CCCC4C3)n2)cc1C(=O)O. The first kappa shape index (κ1) is 17.7. The van der Waals surface area contributed by atoms with Gasteiger partial charge in [-0.2, -0.15) is 0 Å². The normalized spacial score (nSPS) is 19.7. The van der Waals surface area contributed by atoms with Crippen molar-refractivity contribution in [3.05, 3.63) is 36.0 Å². The number of rotatable bonds is 5. The molecule has 2 aromatic rings. The number of carboxylic acid groups (broad SMARTS) is 1. The Kier molecular flexibility index (Phi) is 4.94. The Balaban J connectivity index is 1.61. The zero-order chi connectivity index (χ0) is 18.8. The highest BCUT2D eigenvalue weighted by Crippen LogP contribution is 2.28. The van der Waals surface area contributed by atoms with Gasteiger partial charge in [-0.3, -0.25) is 4.90 Å². The molecule has 2 fully saturated rings. The molecule has 2 aliphatic heterocycles. The minimum absolute atomic E-state index is 0.147. The van der Waals surface area contributed by atoms with Crippen LogP contribution in [0.2, 0.25) is 0 Å². The predicted molar refractivity (Wildman–Crippen MR) is 102 cm³/mol. The number of hydrogen-bond donors (Lipinski definition) is 1. The summed E-state index contributed by atoms with van der Waals surface area (Å²) in [5.74, 6) is 0.0807. The van der Waals surface area contributed by atoms with Crippen molar-refractivity contribution in [1.82, 2.24) is 14.9 Å². The zero-order valence-electron chi connectivity index (χ0n) is 15.5. The molecule has 2 saturated heterocycles. The molecule has 7 heteroatoms. The molecule has 7 nitrogen and oxygen atoms in total. The van der Waals surface area contributed by atoms with Gasteiger partial charge in [-0.1, -0.05) is 0 Å². The maximum atomic E-state index is 11.6. The van der Waals surface area contributed by atoms with Crippen LogP contribution in [0.5, 0.6) is 5.75 Å². The first-order valence-corrected chi connectivity index (χ1v) is 9.48. The van der Waals surface area contributed by atoms with Crippen LogP contribution in [0.4, 0.5) is 5.95 Å². The van der Waals surface area contributed by atoms with E-state index in [2.05, 4.69) is 14.8 Å². The van der Waals surface area contributed by atoms with Crippen LogP contribution in [0.1, 0.15) is 30.1 Å². The average molecular weight is 368 g/mol. The van der Waals surface area contributed by atoms with Crippen molar-refractivity contribution in [3.8, 4) is 17.0 Å². The number of ether oxygens (including phenoxy) is 1. The molecule has 1 atom stereocenters. The Morgan fingerprint density at radius 3 is 3.00 bits per heavy atom. The summed E-state index contributed by atoms with van der Waals surface area (Å²) in [5, 5.41) is 9.48. The molecule has 0 spiro atoms. The van der Waals surface area contributed by atoms with Gasteiger partial charge >= 0.3 is 5.97 Å². The molecule has 3 heterocycles. The largest absolute Gasteiger partial charge is 0.493 e. The molecule has 1 N–H and O–H groups in total. The van der Waals surface area contributed by atoms with Gasteiger partial charge in [0.1, 0.15) is 11.3 Å². The number of aromatic carboxylic acids is 1. The fraction of sp³-hybridized carbons (Fsp3) is 0.450. The molecule has 27 heavy (non-hydrogen) atoms. The van der Waals surface area contributed by atoms with E-state index < -0.39 is 5.97 Å². The maximum absolute atomic E-state index is 11.6. The fourth-order valence-electron chi connectivity index (χ4n) is 3.97. The lowest BCUT2D eigenvalue weighted by Gasteiger charge is -2.37. The lowest BCUT2D eigenvalue weighted by Crippen LogP contribution is -2.50. The Labute approximate surface area is 158 Å². The number of hydrogen-bond acceptors (Lipinski definition) is 6. The summed E-state index contributed by atoms with van der Waals surface area (Å²) in [4.78, 5) is 25.5. The highest BCUT2D eigenvalue weighted by Gasteiger charge is 2.31. The summed E-state index contributed by atoms with van der Waals surface area (Å²) in [7, 11) is 0. The zero-order valence-corrected chi connectivity index (χ0v) is 15.5. The van der Waals surface area contributed by atoms with E-state index in [1.165, 1.54) is 19.4 Å². The first-order chi connectivity index (χ1) is 13.2. The minimum Gasteiger partial charge on any atom is -0.493 e. The average Bonchev–Trinajstić information content (AvgIpc) is 3.16. The van der Waals surface area contributed by atoms with E-state index in [1.54, 1.807) is 18.3 Å². The van der Waals surface area contributed by atoms with Gasteiger partial charge in [0.05, 0.1) is 12.3 Å². The molecule has 1 aromatic heterocycles. The molecule has 1 aromatic carbocycles. The molecule has 0 amide bonds. The monoisotopic (exact) mass is 368 g/mol. The van der Waals surface area contributed by atoms with Crippen molar-refractivity contribution < 1.29 is 14.6 Å². The highest BCUT2D eigenvalue weighted by molar-refractivity contribution is 5.92. The Morgan fingerprint density at radius 1 is 1.30 bits per heavy atom. The molecule has 2 aliphatic rings. The molecule has 142 valence electrons. The quantitative estimate of drug-likeness (QED) is 0.869. The van der Waals surface area contributed by atoms with E-state index in [4.69, 9.17) is 9.72 Å². The van der Waals surface area contributed by atoms with Crippen LogP contribution < -0.4 is 9.64 Å². The number of anilines is 1. The third-order valence-corrected chi connectivity index (χ3v) is 5.32. The summed E-state index contributed by atoms with van der Waals surface area (Å²) in [6.07, 6.45) is 4.25. The topological polar surface area (TPSA) is 78.8 Å². The van der Waals surface area contributed by atoms with Gasteiger partial charge in [0.25, 0.3) is 0 Å². The lowest BCUT2D eigenvalue weighted by molar-refractivity contribution is 0.0692. The summed E-state index contributed by atoms with van der Waals surface area (Å²) in [5.41, 5.74) is 1.62. The molecular weight excluding hydrogens is 344 g/mol. The maximum Gasteiger partial charge on any atom is 0.339 e.